The number of ether oxygens (including phenoxy) is 2. The molecule has 1 heterocycles. The Hall–Kier alpha value is -0.680. The average molecular weight is 371 g/mol. The number of carbonyl (C=O) groups excluding carboxylic acids is 1. The van der Waals surface area contributed by atoms with E-state index in [1.807, 2.05) is 11.8 Å². The summed E-state index contributed by atoms with van der Waals surface area (Å²) in [5.74, 6) is 2.94. The van der Waals surface area contributed by atoms with Gasteiger partial charge >= 0.3 is 5.97 Å². The van der Waals surface area contributed by atoms with E-state index in [0.29, 0.717) is 6.42 Å². The maximum atomic E-state index is 11.4. The monoisotopic (exact) mass is 370 g/mol. The van der Waals surface area contributed by atoms with E-state index in [2.05, 4.69) is 28.1 Å². The number of hydrogen-bond donors (Lipinski definition) is 0. The number of benzene rings is 1. The van der Waals surface area contributed by atoms with Crippen molar-refractivity contribution in [2.24, 2.45) is 5.41 Å². The molecule has 0 atom stereocenters. The van der Waals surface area contributed by atoms with Gasteiger partial charge in [-0.1, -0.05) is 15.9 Å². The molecule has 1 aliphatic carbocycles. The lowest BCUT2D eigenvalue weighted by molar-refractivity contribution is -0.141. The first-order chi connectivity index (χ1) is 10.1. The van der Waals surface area contributed by atoms with Gasteiger partial charge in [-0.2, -0.15) is 11.8 Å². The molecule has 114 valence electrons. The van der Waals surface area contributed by atoms with Gasteiger partial charge in [0, 0.05) is 22.2 Å². The van der Waals surface area contributed by atoms with Crippen LogP contribution in [0.2, 0.25) is 0 Å². The molecule has 1 aliphatic heterocycles. The Morgan fingerprint density at radius 3 is 3.00 bits per heavy atom. The summed E-state index contributed by atoms with van der Waals surface area (Å²) < 4.78 is 11.7. The summed E-state index contributed by atoms with van der Waals surface area (Å²) >= 11 is 5.47. The zero-order chi connectivity index (χ0) is 14.9. The van der Waals surface area contributed by atoms with E-state index < -0.39 is 0 Å². The maximum absolute atomic E-state index is 11.4. The Labute approximate surface area is 137 Å². The highest BCUT2D eigenvalue weighted by Crippen LogP contribution is 2.51. The van der Waals surface area contributed by atoms with E-state index in [1.54, 1.807) is 0 Å². The smallest absolute Gasteiger partial charge is 0.306 e. The van der Waals surface area contributed by atoms with Crippen molar-refractivity contribution in [3.05, 3.63) is 27.7 Å². The average Bonchev–Trinajstić information content (AvgIpc) is 3.04. The van der Waals surface area contributed by atoms with E-state index in [9.17, 15) is 4.79 Å². The lowest BCUT2D eigenvalue weighted by atomic mass is 10.1. The van der Waals surface area contributed by atoms with Crippen LogP contribution < -0.4 is 4.74 Å². The van der Waals surface area contributed by atoms with Gasteiger partial charge in [0.1, 0.15) is 5.75 Å². The normalized spacial score (nSPS) is 18.0. The number of hydrogen-bond acceptors (Lipinski definition) is 4. The van der Waals surface area contributed by atoms with E-state index in [0.717, 1.165) is 47.6 Å². The second-order valence-electron chi connectivity index (χ2n) is 5.90. The third-order valence-electron chi connectivity index (χ3n) is 4.20. The van der Waals surface area contributed by atoms with Crippen LogP contribution >= 0.6 is 27.7 Å². The topological polar surface area (TPSA) is 35.5 Å². The van der Waals surface area contributed by atoms with Crippen molar-refractivity contribution in [3.8, 4) is 5.75 Å². The Kier molecular flexibility index (Phi) is 4.50. The van der Waals surface area contributed by atoms with Gasteiger partial charge in [0.25, 0.3) is 0 Å². The van der Waals surface area contributed by atoms with Crippen molar-refractivity contribution in [2.75, 3.05) is 19.5 Å². The first kappa shape index (κ1) is 15.2. The van der Waals surface area contributed by atoms with Crippen molar-refractivity contribution in [2.45, 2.75) is 31.4 Å². The van der Waals surface area contributed by atoms with Crippen LogP contribution in [0.4, 0.5) is 0 Å². The molecule has 1 aromatic carbocycles. The second kappa shape index (κ2) is 6.21. The maximum Gasteiger partial charge on any atom is 0.306 e. The van der Waals surface area contributed by atoms with Gasteiger partial charge in [0.2, 0.25) is 0 Å². The molecule has 2 aliphatic rings. The van der Waals surface area contributed by atoms with Gasteiger partial charge in [-0.15, -0.1) is 0 Å². The molecule has 0 unspecified atom stereocenters. The highest BCUT2D eigenvalue weighted by molar-refractivity contribution is 9.10. The fraction of sp³-hybridized carbons (Fsp3) is 0.562. The lowest BCUT2D eigenvalue weighted by Gasteiger charge is -2.14. The lowest BCUT2D eigenvalue weighted by Crippen LogP contribution is -2.13. The zero-order valence-electron chi connectivity index (χ0n) is 12.1. The van der Waals surface area contributed by atoms with E-state index in [4.69, 9.17) is 9.47 Å². The van der Waals surface area contributed by atoms with E-state index in [-0.39, 0.29) is 11.4 Å². The van der Waals surface area contributed by atoms with Crippen LogP contribution in [0.3, 0.4) is 0 Å². The molecule has 0 amide bonds. The second-order valence-corrected chi connectivity index (χ2v) is 7.80. The summed E-state index contributed by atoms with van der Waals surface area (Å²) in [6.45, 7) is 0.787. The minimum absolute atomic E-state index is 0.0835. The van der Waals surface area contributed by atoms with Crippen LogP contribution in [0.1, 0.15) is 30.4 Å². The number of thioether (sulfide) groups is 1. The van der Waals surface area contributed by atoms with Crippen LogP contribution in [0.15, 0.2) is 16.6 Å². The van der Waals surface area contributed by atoms with Gasteiger partial charge in [0.05, 0.1) is 20.1 Å². The summed E-state index contributed by atoms with van der Waals surface area (Å²) in [6.07, 6.45) is 3.84. The number of fused-ring (bicyclic) bond motifs is 1. The molecular formula is C16H19BrO3S. The third kappa shape index (κ3) is 3.57. The molecule has 0 bridgehead atoms. The fourth-order valence-electron chi connectivity index (χ4n) is 2.76. The minimum Gasteiger partial charge on any atom is -0.493 e. The molecule has 0 radical (unpaired) electrons. The SMILES string of the molecule is COC(=O)CC1(CSCc2cc(Br)cc3c2OCC3)CC1. The number of methoxy groups -OCH3 is 1. The summed E-state index contributed by atoms with van der Waals surface area (Å²) in [4.78, 5) is 11.4. The van der Waals surface area contributed by atoms with Gasteiger partial charge in [0.15, 0.2) is 0 Å². The number of halogens is 1. The quantitative estimate of drug-likeness (QED) is 0.710. The van der Waals surface area contributed by atoms with Crippen molar-refractivity contribution in [3.63, 3.8) is 0 Å². The zero-order valence-corrected chi connectivity index (χ0v) is 14.5. The molecule has 5 heteroatoms. The molecule has 0 saturated heterocycles. The van der Waals surface area contributed by atoms with Crippen LogP contribution in [0, 0.1) is 5.41 Å². The van der Waals surface area contributed by atoms with Crippen LogP contribution in [-0.2, 0) is 21.7 Å². The Bertz CT molecular complexity index is 555. The minimum atomic E-state index is -0.0835. The summed E-state index contributed by atoms with van der Waals surface area (Å²) in [5.41, 5.74) is 2.75. The van der Waals surface area contributed by atoms with Crippen LogP contribution in [0.5, 0.6) is 5.75 Å². The standard InChI is InChI=1S/C16H19BrO3S/c1-19-14(18)8-16(3-4-16)10-21-9-12-7-13(17)6-11-2-5-20-15(11)12/h6-7H,2-5,8-10H2,1H3. The predicted octanol–water partition coefficient (Wildman–Crippen LogP) is 3.96. The van der Waals surface area contributed by atoms with Crippen LogP contribution in [0.25, 0.3) is 0 Å². The fourth-order valence-corrected chi connectivity index (χ4v) is 4.67. The molecule has 1 saturated carbocycles. The van der Waals surface area contributed by atoms with Crippen molar-refractivity contribution in [1.29, 1.82) is 0 Å². The molecule has 3 nitrogen and oxygen atoms in total. The summed E-state index contributed by atoms with van der Waals surface area (Å²) in [5, 5.41) is 0. The molecule has 0 spiro atoms. The highest BCUT2D eigenvalue weighted by Gasteiger charge is 2.44. The third-order valence-corrected chi connectivity index (χ3v) is 5.98. The van der Waals surface area contributed by atoms with Gasteiger partial charge in [-0.05, 0) is 41.7 Å². The molecule has 1 fully saturated rings. The first-order valence-electron chi connectivity index (χ1n) is 7.21. The molecule has 0 aromatic heterocycles. The van der Waals surface area contributed by atoms with Gasteiger partial charge in [-0.3, -0.25) is 4.79 Å². The molecular weight excluding hydrogens is 352 g/mol. The summed E-state index contributed by atoms with van der Waals surface area (Å²) in [7, 11) is 1.47. The number of rotatable bonds is 6. The van der Waals surface area contributed by atoms with Crippen LogP contribution in [-0.4, -0.2) is 25.4 Å². The first-order valence-corrected chi connectivity index (χ1v) is 9.15. The van der Waals surface area contributed by atoms with Crippen molar-refractivity contribution < 1.29 is 14.3 Å². The van der Waals surface area contributed by atoms with E-state index >= 15 is 0 Å². The van der Waals surface area contributed by atoms with Gasteiger partial charge < -0.3 is 9.47 Å². The summed E-state index contributed by atoms with van der Waals surface area (Å²) in [6, 6.07) is 4.30. The number of carbonyl (C=O) groups is 1. The highest BCUT2D eigenvalue weighted by atomic mass is 79.9. The predicted molar refractivity (Wildman–Crippen MR) is 87.8 cm³/mol. The molecule has 1 aromatic rings. The Morgan fingerprint density at radius 1 is 1.48 bits per heavy atom. The van der Waals surface area contributed by atoms with Gasteiger partial charge in [-0.25, -0.2) is 0 Å². The number of esters is 1. The Morgan fingerprint density at radius 2 is 2.29 bits per heavy atom. The molecule has 3 rings (SSSR count). The molecule has 0 N–H and O–H groups in total. The molecule has 21 heavy (non-hydrogen) atoms. The van der Waals surface area contributed by atoms with E-state index in [1.165, 1.54) is 18.2 Å². The van der Waals surface area contributed by atoms with Crippen molar-refractivity contribution >= 4 is 33.7 Å². The largest absolute Gasteiger partial charge is 0.493 e. The van der Waals surface area contributed by atoms with Crippen molar-refractivity contribution in [1.82, 2.24) is 0 Å². The Balaban J connectivity index is 1.58.